The predicted molar refractivity (Wildman–Crippen MR) is 111 cm³/mol. The summed E-state index contributed by atoms with van der Waals surface area (Å²) in [6.07, 6.45) is 2.91. The van der Waals surface area contributed by atoms with Gasteiger partial charge in [-0.2, -0.15) is 0 Å². The van der Waals surface area contributed by atoms with E-state index in [0.717, 1.165) is 5.56 Å². The summed E-state index contributed by atoms with van der Waals surface area (Å²) in [6.45, 7) is 5.81. The van der Waals surface area contributed by atoms with Gasteiger partial charge in [-0.3, -0.25) is 0 Å². The first kappa shape index (κ1) is 22.7. The molecule has 0 amide bonds. The molecule has 1 N–H and O–H groups in total. The summed E-state index contributed by atoms with van der Waals surface area (Å²) < 4.78 is 16.6. The van der Waals surface area contributed by atoms with Gasteiger partial charge in [-0.1, -0.05) is 30.3 Å². The molecule has 8 heteroatoms. The van der Waals surface area contributed by atoms with Crippen molar-refractivity contribution in [1.29, 1.82) is 0 Å². The zero-order valence-electron chi connectivity index (χ0n) is 17.6. The van der Waals surface area contributed by atoms with Gasteiger partial charge in [-0.25, -0.2) is 14.4 Å². The van der Waals surface area contributed by atoms with Gasteiger partial charge in [-0.05, 0) is 26.3 Å². The van der Waals surface area contributed by atoms with Crippen LogP contribution in [-0.4, -0.2) is 42.8 Å². The second kappa shape index (κ2) is 10.8. The molecule has 0 saturated carbocycles. The van der Waals surface area contributed by atoms with Gasteiger partial charge in [0.25, 0.3) is 0 Å². The highest BCUT2D eigenvalue weighted by molar-refractivity contribution is 6.14. The average Bonchev–Trinajstić information content (AvgIpc) is 3.04. The average molecular weight is 414 g/mol. The number of carbonyl (C=O) groups excluding carboxylic acids is 3. The van der Waals surface area contributed by atoms with Gasteiger partial charge >= 0.3 is 17.9 Å². The maximum absolute atomic E-state index is 12.4. The van der Waals surface area contributed by atoms with Crippen molar-refractivity contribution in [2.45, 2.75) is 27.3 Å². The van der Waals surface area contributed by atoms with Crippen molar-refractivity contribution in [3.8, 4) is 0 Å². The largest absolute Gasteiger partial charge is 0.465 e. The van der Waals surface area contributed by atoms with Crippen molar-refractivity contribution >= 4 is 23.6 Å². The van der Waals surface area contributed by atoms with Crippen LogP contribution in [0.4, 0.5) is 5.69 Å². The van der Waals surface area contributed by atoms with E-state index in [0.29, 0.717) is 23.5 Å². The van der Waals surface area contributed by atoms with E-state index in [4.69, 9.17) is 14.2 Å². The van der Waals surface area contributed by atoms with Crippen molar-refractivity contribution in [3.05, 3.63) is 65.1 Å². The highest BCUT2D eigenvalue weighted by Crippen LogP contribution is 2.25. The molecule has 0 radical (unpaired) electrons. The molecule has 1 aromatic carbocycles. The van der Waals surface area contributed by atoms with Gasteiger partial charge in [-0.15, -0.1) is 0 Å². The molecule has 1 heterocycles. The lowest BCUT2D eigenvalue weighted by Crippen LogP contribution is -2.19. The Labute approximate surface area is 175 Å². The van der Waals surface area contributed by atoms with Crippen LogP contribution in [0, 0.1) is 6.92 Å². The number of hydrogen-bond donors (Lipinski definition) is 1. The number of ether oxygens (including phenoxy) is 3. The summed E-state index contributed by atoms with van der Waals surface area (Å²) >= 11 is 0. The number of carbonyl (C=O) groups is 3. The quantitative estimate of drug-likeness (QED) is 0.221. The predicted octanol–water partition coefficient (Wildman–Crippen LogP) is 3.05. The summed E-state index contributed by atoms with van der Waals surface area (Å²) in [6, 6.07) is 9.74. The first-order valence-corrected chi connectivity index (χ1v) is 9.55. The Morgan fingerprint density at radius 3 is 2.17 bits per heavy atom. The monoisotopic (exact) mass is 414 g/mol. The van der Waals surface area contributed by atoms with E-state index in [1.54, 1.807) is 27.0 Å². The Hall–Kier alpha value is -3.55. The van der Waals surface area contributed by atoms with Crippen LogP contribution >= 0.6 is 0 Å². The van der Waals surface area contributed by atoms with Crippen molar-refractivity contribution in [1.82, 2.24) is 4.57 Å². The van der Waals surface area contributed by atoms with Crippen LogP contribution in [0.2, 0.25) is 0 Å². The number of hydrogen-bond acceptors (Lipinski definition) is 7. The second-order valence-corrected chi connectivity index (χ2v) is 6.25. The molecule has 0 unspecified atom stereocenters. The fourth-order valence-corrected chi connectivity index (χ4v) is 2.84. The number of nitrogens with zero attached hydrogens (tertiary/aromatic N) is 1. The lowest BCUT2D eigenvalue weighted by Gasteiger charge is -2.08. The molecule has 160 valence electrons. The first-order valence-electron chi connectivity index (χ1n) is 9.55. The molecule has 1 aromatic heterocycles. The topological polar surface area (TPSA) is 95.9 Å². The Morgan fingerprint density at radius 2 is 1.63 bits per heavy atom. The molecule has 30 heavy (non-hydrogen) atoms. The number of benzene rings is 1. The minimum atomic E-state index is -0.816. The minimum absolute atomic E-state index is 0.107. The minimum Gasteiger partial charge on any atom is -0.465 e. The zero-order valence-corrected chi connectivity index (χ0v) is 17.6. The van der Waals surface area contributed by atoms with Gasteiger partial charge in [0.15, 0.2) is 5.57 Å². The third kappa shape index (κ3) is 5.50. The molecule has 0 spiro atoms. The third-order valence-electron chi connectivity index (χ3n) is 4.29. The zero-order chi connectivity index (χ0) is 22.1. The first-order chi connectivity index (χ1) is 14.4. The van der Waals surface area contributed by atoms with Gasteiger partial charge < -0.3 is 24.1 Å². The standard InChI is InChI=1S/C22H26N2O6/c1-5-29-20(25)17(21(26)30-6-2)12-23-18-14-24(13-16-10-8-7-9-11-16)15(3)19(18)22(27)28-4/h7-12,14,23H,5-6,13H2,1-4H3. The van der Waals surface area contributed by atoms with Crippen molar-refractivity contribution in [3.63, 3.8) is 0 Å². The molecule has 0 bridgehead atoms. The van der Waals surface area contributed by atoms with Gasteiger partial charge in [0.05, 0.1) is 26.0 Å². The Bertz CT molecular complexity index is 911. The normalized spacial score (nSPS) is 10.1. The fraction of sp³-hybridized carbons (Fsp3) is 0.318. The van der Waals surface area contributed by atoms with Gasteiger partial charge in [0, 0.05) is 24.6 Å². The lowest BCUT2D eigenvalue weighted by atomic mass is 10.2. The molecule has 8 nitrogen and oxygen atoms in total. The summed E-state index contributed by atoms with van der Waals surface area (Å²) in [4.78, 5) is 36.6. The highest BCUT2D eigenvalue weighted by Gasteiger charge is 2.23. The maximum atomic E-state index is 12.4. The number of methoxy groups -OCH3 is 1. The molecule has 0 saturated heterocycles. The number of aromatic nitrogens is 1. The summed E-state index contributed by atoms with van der Waals surface area (Å²) in [5, 5.41) is 2.87. The smallest absolute Gasteiger partial charge is 0.347 e. The van der Waals surface area contributed by atoms with Crippen molar-refractivity contribution < 1.29 is 28.6 Å². The van der Waals surface area contributed by atoms with Crippen molar-refractivity contribution in [2.75, 3.05) is 25.6 Å². The summed E-state index contributed by atoms with van der Waals surface area (Å²) in [7, 11) is 1.29. The Morgan fingerprint density at radius 1 is 1.03 bits per heavy atom. The molecule has 0 aliphatic rings. The Balaban J connectivity index is 2.41. The molecule has 2 aromatic rings. The SMILES string of the molecule is CCOC(=O)C(=CNc1cn(Cc2ccccc2)c(C)c1C(=O)OC)C(=O)OCC. The van der Waals surface area contributed by atoms with Crippen LogP contribution < -0.4 is 5.32 Å². The molecule has 0 aliphatic carbocycles. The maximum Gasteiger partial charge on any atom is 0.347 e. The van der Waals surface area contributed by atoms with Gasteiger partial charge in [0.1, 0.15) is 5.56 Å². The molecule has 0 atom stereocenters. The van der Waals surface area contributed by atoms with Gasteiger partial charge in [0.2, 0.25) is 0 Å². The highest BCUT2D eigenvalue weighted by atomic mass is 16.6. The number of nitrogens with one attached hydrogen (secondary N) is 1. The van der Waals surface area contributed by atoms with Crippen LogP contribution in [0.3, 0.4) is 0 Å². The molecule has 0 aliphatic heterocycles. The van der Waals surface area contributed by atoms with E-state index in [1.807, 2.05) is 34.9 Å². The van der Waals surface area contributed by atoms with Crippen LogP contribution in [0.25, 0.3) is 0 Å². The summed E-state index contributed by atoms with van der Waals surface area (Å²) in [5.74, 6) is -2.17. The van der Waals surface area contributed by atoms with E-state index in [2.05, 4.69) is 5.32 Å². The third-order valence-corrected chi connectivity index (χ3v) is 4.29. The molecule has 2 rings (SSSR count). The molecular weight excluding hydrogens is 388 g/mol. The molecule has 0 fully saturated rings. The van der Waals surface area contributed by atoms with E-state index in [9.17, 15) is 14.4 Å². The van der Waals surface area contributed by atoms with E-state index in [-0.39, 0.29) is 18.8 Å². The van der Waals surface area contributed by atoms with Crippen LogP contribution in [0.1, 0.15) is 35.5 Å². The van der Waals surface area contributed by atoms with E-state index >= 15 is 0 Å². The van der Waals surface area contributed by atoms with Crippen molar-refractivity contribution in [2.24, 2.45) is 0 Å². The number of anilines is 1. The van der Waals surface area contributed by atoms with Crippen LogP contribution in [0.15, 0.2) is 48.3 Å². The lowest BCUT2D eigenvalue weighted by molar-refractivity contribution is -0.146. The van der Waals surface area contributed by atoms with Crippen LogP contribution in [0.5, 0.6) is 0 Å². The fourth-order valence-electron chi connectivity index (χ4n) is 2.84. The van der Waals surface area contributed by atoms with Crippen LogP contribution in [-0.2, 0) is 30.3 Å². The number of rotatable bonds is 9. The van der Waals surface area contributed by atoms with E-state index in [1.165, 1.54) is 13.3 Å². The molecular formula is C22H26N2O6. The van der Waals surface area contributed by atoms with E-state index < -0.39 is 17.9 Å². The Kier molecular flexibility index (Phi) is 8.22. The number of esters is 3. The summed E-state index contributed by atoms with van der Waals surface area (Å²) in [5.41, 5.74) is 2.12. The second-order valence-electron chi connectivity index (χ2n) is 6.25.